The lowest BCUT2D eigenvalue weighted by atomic mass is 10.0. The largest absolute Gasteiger partial charge is 0.478 e. The Morgan fingerprint density at radius 1 is 1.05 bits per heavy atom. The molecule has 38 heavy (non-hydrogen) atoms. The zero-order valence-electron chi connectivity index (χ0n) is 20.6. The second-order valence-corrected chi connectivity index (χ2v) is 9.72. The third-order valence-electron chi connectivity index (χ3n) is 5.89. The molecule has 1 saturated heterocycles. The van der Waals surface area contributed by atoms with E-state index in [0.717, 1.165) is 21.6 Å². The predicted molar refractivity (Wildman–Crippen MR) is 144 cm³/mol. The average Bonchev–Trinajstić information content (AvgIpc) is 2.95. The van der Waals surface area contributed by atoms with Gasteiger partial charge in [-0.05, 0) is 47.5 Å². The van der Waals surface area contributed by atoms with Crippen molar-refractivity contribution >= 4 is 29.5 Å². The summed E-state index contributed by atoms with van der Waals surface area (Å²) >= 11 is 1.58. The molecule has 8 nitrogen and oxygen atoms in total. The molecule has 0 radical (unpaired) electrons. The fraction of sp³-hybridized carbons (Fsp3) is 0.241. The van der Waals surface area contributed by atoms with Crippen molar-refractivity contribution in [1.29, 1.82) is 0 Å². The molecule has 0 aromatic heterocycles. The van der Waals surface area contributed by atoms with Gasteiger partial charge in [0.2, 0.25) is 0 Å². The van der Waals surface area contributed by atoms with E-state index in [4.69, 9.17) is 19.3 Å². The fourth-order valence-corrected chi connectivity index (χ4v) is 4.88. The molecule has 3 unspecified atom stereocenters. The molecule has 4 rings (SSSR count). The van der Waals surface area contributed by atoms with E-state index in [9.17, 15) is 14.7 Å². The van der Waals surface area contributed by atoms with Crippen molar-refractivity contribution in [1.82, 2.24) is 0 Å². The standard InChI is InChI=1S/C29H29NO7S/c1-2-14-35-29(34)30-23-5-3-4-22(15-23)28-36-24(18-38-25-12-10-21(11-13-25)27(32)33)16-26(37-28)20-8-6-19(17-31)7-9-20/h2-13,15,24,26,28,31H,1,14,16-18H2,(H,30,34)(H,32,33). The van der Waals surface area contributed by atoms with Crippen molar-refractivity contribution in [2.45, 2.75) is 36.4 Å². The number of benzene rings is 3. The Hall–Kier alpha value is -3.63. The van der Waals surface area contributed by atoms with Gasteiger partial charge in [0.1, 0.15) is 6.61 Å². The van der Waals surface area contributed by atoms with Crippen LogP contribution in [0.4, 0.5) is 10.5 Å². The normalized spacial score (nSPS) is 18.9. The smallest absolute Gasteiger partial charge is 0.411 e. The number of anilines is 1. The Balaban J connectivity index is 1.51. The van der Waals surface area contributed by atoms with Crippen LogP contribution in [-0.2, 0) is 20.8 Å². The molecule has 1 aliphatic rings. The van der Waals surface area contributed by atoms with Crippen LogP contribution in [-0.4, -0.2) is 40.7 Å². The molecule has 1 aliphatic heterocycles. The molecular weight excluding hydrogens is 506 g/mol. The van der Waals surface area contributed by atoms with Gasteiger partial charge in [-0.3, -0.25) is 5.32 Å². The molecule has 0 bridgehead atoms. The van der Waals surface area contributed by atoms with Gasteiger partial charge in [0, 0.05) is 28.3 Å². The van der Waals surface area contributed by atoms with E-state index in [1.807, 2.05) is 30.3 Å². The number of carbonyl (C=O) groups is 2. The number of hydrogen-bond donors (Lipinski definition) is 3. The first-order valence-electron chi connectivity index (χ1n) is 12.1. The third kappa shape index (κ3) is 7.45. The highest BCUT2D eigenvalue weighted by molar-refractivity contribution is 7.99. The van der Waals surface area contributed by atoms with Gasteiger partial charge in [-0.15, -0.1) is 11.8 Å². The number of ether oxygens (including phenoxy) is 3. The molecule has 198 valence electrons. The van der Waals surface area contributed by atoms with Gasteiger partial charge in [0.05, 0.1) is 24.4 Å². The molecule has 3 aromatic rings. The van der Waals surface area contributed by atoms with E-state index >= 15 is 0 Å². The molecule has 3 atom stereocenters. The zero-order valence-corrected chi connectivity index (χ0v) is 21.4. The van der Waals surface area contributed by atoms with Crippen LogP contribution in [0.15, 0.2) is 90.3 Å². The molecular formula is C29H29NO7S. The van der Waals surface area contributed by atoms with Crippen LogP contribution < -0.4 is 5.32 Å². The van der Waals surface area contributed by atoms with Gasteiger partial charge >= 0.3 is 12.1 Å². The van der Waals surface area contributed by atoms with Crippen LogP contribution in [0.5, 0.6) is 0 Å². The monoisotopic (exact) mass is 535 g/mol. The minimum absolute atomic E-state index is 0.0352. The van der Waals surface area contributed by atoms with Gasteiger partial charge in [-0.1, -0.05) is 49.1 Å². The predicted octanol–water partition coefficient (Wildman–Crippen LogP) is 5.95. The Kier molecular flexibility index (Phi) is 9.56. The van der Waals surface area contributed by atoms with E-state index in [0.29, 0.717) is 17.9 Å². The van der Waals surface area contributed by atoms with Crippen LogP contribution in [0.2, 0.25) is 0 Å². The van der Waals surface area contributed by atoms with Gasteiger partial charge in [-0.25, -0.2) is 9.59 Å². The third-order valence-corrected chi connectivity index (χ3v) is 7.03. The Bertz CT molecular complexity index is 1250. The van der Waals surface area contributed by atoms with Crippen LogP contribution in [0, 0.1) is 0 Å². The number of aliphatic hydroxyl groups excluding tert-OH is 1. The number of carboxylic acid groups (broad SMARTS) is 1. The van der Waals surface area contributed by atoms with E-state index in [1.165, 1.54) is 6.08 Å². The lowest BCUT2D eigenvalue weighted by molar-refractivity contribution is -0.245. The molecule has 9 heteroatoms. The van der Waals surface area contributed by atoms with Gasteiger partial charge in [-0.2, -0.15) is 0 Å². The summed E-state index contributed by atoms with van der Waals surface area (Å²) < 4.78 is 17.7. The highest BCUT2D eigenvalue weighted by atomic mass is 32.2. The topological polar surface area (TPSA) is 114 Å². The SMILES string of the molecule is C=CCOC(=O)Nc1cccc(C2OC(CSc3ccc(C(=O)O)cc3)CC(c3ccc(CO)cc3)O2)c1. The quantitative estimate of drug-likeness (QED) is 0.216. The second kappa shape index (κ2) is 13.3. The maximum absolute atomic E-state index is 12.0. The van der Waals surface area contributed by atoms with Crippen molar-refractivity contribution in [2.24, 2.45) is 0 Å². The first-order chi connectivity index (χ1) is 18.4. The Labute approximate surface area is 225 Å². The fourth-order valence-electron chi connectivity index (χ4n) is 3.96. The maximum Gasteiger partial charge on any atom is 0.411 e. The summed E-state index contributed by atoms with van der Waals surface area (Å²) in [6.07, 6.45) is 0.409. The second-order valence-electron chi connectivity index (χ2n) is 8.63. The average molecular weight is 536 g/mol. The summed E-state index contributed by atoms with van der Waals surface area (Å²) in [5.41, 5.74) is 3.31. The number of thioether (sulfide) groups is 1. The molecule has 0 aliphatic carbocycles. The number of rotatable bonds is 10. The summed E-state index contributed by atoms with van der Waals surface area (Å²) in [4.78, 5) is 24.1. The number of amides is 1. The molecule has 3 N–H and O–H groups in total. The highest BCUT2D eigenvalue weighted by Crippen LogP contribution is 2.40. The molecule has 1 fully saturated rings. The van der Waals surface area contributed by atoms with E-state index < -0.39 is 18.4 Å². The van der Waals surface area contributed by atoms with E-state index in [1.54, 1.807) is 54.2 Å². The summed E-state index contributed by atoms with van der Waals surface area (Å²) in [5, 5.41) is 21.2. The van der Waals surface area contributed by atoms with E-state index in [-0.39, 0.29) is 31.0 Å². The number of aliphatic hydroxyl groups is 1. The van der Waals surface area contributed by atoms with E-state index in [2.05, 4.69) is 11.9 Å². The van der Waals surface area contributed by atoms with Crippen LogP contribution in [0.1, 0.15) is 45.9 Å². The Morgan fingerprint density at radius 3 is 2.50 bits per heavy atom. The Morgan fingerprint density at radius 2 is 1.82 bits per heavy atom. The summed E-state index contributed by atoms with van der Waals surface area (Å²) in [7, 11) is 0. The zero-order chi connectivity index (χ0) is 26.9. The van der Waals surface area contributed by atoms with Crippen molar-refractivity contribution < 1.29 is 34.0 Å². The number of nitrogens with one attached hydrogen (secondary N) is 1. The van der Waals surface area contributed by atoms with Crippen molar-refractivity contribution in [3.05, 3.63) is 108 Å². The minimum Gasteiger partial charge on any atom is -0.478 e. The maximum atomic E-state index is 12.0. The number of carboxylic acids is 1. The van der Waals surface area contributed by atoms with Crippen molar-refractivity contribution in [3.63, 3.8) is 0 Å². The van der Waals surface area contributed by atoms with Crippen LogP contribution >= 0.6 is 11.8 Å². The summed E-state index contributed by atoms with van der Waals surface area (Å²) in [5.74, 6) is -0.332. The molecule has 0 saturated carbocycles. The van der Waals surface area contributed by atoms with Crippen LogP contribution in [0.3, 0.4) is 0 Å². The molecule has 1 amide bonds. The van der Waals surface area contributed by atoms with Gasteiger partial charge in [0.25, 0.3) is 0 Å². The highest BCUT2D eigenvalue weighted by Gasteiger charge is 2.32. The first-order valence-corrected chi connectivity index (χ1v) is 13.0. The van der Waals surface area contributed by atoms with Crippen molar-refractivity contribution in [3.8, 4) is 0 Å². The molecule has 0 spiro atoms. The van der Waals surface area contributed by atoms with Gasteiger partial charge in [0.15, 0.2) is 6.29 Å². The summed E-state index contributed by atoms with van der Waals surface area (Å²) in [6.45, 7) is 3.60. The molecule has 3 aromatic carbocycles. The van der Waals surface area contributed by atoms with Crippen LogP contribution in [0.25, 0.3) is 0 Å². The number of aromatic carboxylic acids is 1. The molecule has 1 heterocycles. The lowest BCUT2D eigenvalue weighted by Gasteiger charge is -2.36. The lowest BCUT2D eigenvalue weighted by Crippen LogP contribution is -2.31. The summed E-state index contributed by atoms with van der Waals surface area (Å²) in [6, 6.07) is 21.6. The van der Waals surface area contributed by atoms with Crippen molar-refractivity contribution in [2.75, 3.05) is 17.7 Å². The minimum atomic E-state index is -0.960. The van der Waals surface area contributed by atoms with Gasteiger partial charge < -0.3 is 24.4 Å². The first kappa shape index (κ1) is 27.4. The number of hydrogen-bond acceptors (Lipinski definition) is 7. The number of carbonyl (C=O) groups excluding carboxylic acids is 1.